The molecule has 0 bridgehead atoms. The molecule has 1 atom stereocenters. The quantitative estimate of drug-likeness (QED) is 0.771. The van der Waals surface area contributed by atoms with Crippen LogP contribution in [0.5, 0.6) is 0 Å². The van der Waals surface area contributed by atoms with E-state index in [0.717, 1.165) is 11.1 Å². The molecule has 0 spiro atoms. The average molecular weight is 273 g/mol. The molecule has 1 rings (SSSR count). The van der Waals surface area contributed by atoms with Gasteiger partial charge in [-0.1, -0.05) is 61.2 Å². The lowest BCUT2D eigenvalue weighted by Crippen LogP contribution is -2.14. The van der Waals surface area contributed by atoms with Crippen molar-refractivity contribution in [1.82, 2.24) is 0 Å². The van der Waals surface area contributed by atoms with Crippen LogP contribution >= 0.6 is 11.8 Å². The maximum atomic E-state index is 11.0. The number of allylic oxidation sites excluding steroid dienone is 4. The van der Waals surface area contributed by atoms with Crippen LogP contribution in [0.4, 0.5) is 0 Å². The monoisotopic (exact) mass is 273 g/mol. The van der Waals surface area contributed by atoms with Gasteiger partial charge < -0.3 is 5.73 Å². The van der Waals surface area contributed by atoms with Gasteiger partial charge in [-0.05, 0) is 18.1 Å². The Morgan fingerprint density at radius 1 is 1.42 bits per heavy atom. The van der Waals surface area contributed by atoms with Crippen LogP contribution < -0.4 is 5.73 Å². The number of nitrogens with two attached hydrogens (primary N) is 1. The summed E-state index contributed by atoms with van der Waals surface area (Å²) in [5.74, 6) is -0.00430. The van der Waals surface area contributed by atoms with E-state index in [1.807, 2.05) is 43.4 Å². The van der Waals surface area contributed by atoms with Crippen LogP contribution in [-0.2, 0) is 4.79 Å². The molecular formula is C16H19NOS. The van der Waals surface area contributed by atoms with Crippen molar-refractivity contribution in [2.45, 2.75) is 12.2 Å². The van der Waals surface area contributed by atoms with Crippen LogP contribution in [-0.4, -0.2) is 11.7 Å². The largest absolute Gasteiger partial charge is 0.369 e. The third kappa shape index (κ3) is 5.18. The Balaban J connectivity index is 3.06. The summed E-state index contributed by atoms with van der Waals surface area (Å²) in [6.45, 7) is 5.71. The number of hydrogen-bond acceptors (Lipinski definition) is 2. The van der Waals surface area contributed by atoms with E-state index < -0.39 is 0 Å². The van der Waals surface area contributed by atoms with E-state index >= 15 is 0 Å². The van der Waals surface area contributed by atoms with E-state index in [1.54, 1.807) is 6.08 Å². The zero-order valence-electron chi connectivity index (χ0n) is 11.1. The Morgan fingerprint density at radius 2 is 2.11 bits per heavy atom. The number of amides is 1. The molecule has 1 unspecified atom stereocenters. The van der Waals surface area contributed by atoms with E-state index in [1.165, 1.54) is 11.8 Å². The third-order valence-corrected chi connectivity index (χ3v) is 3.80. The summed E-state index contributed by atoms with van der Waals surface area (Å²) in [4.78, 5) is 11.0. The minimum Gasteiger partial charge on any atom is -0.369 e. The van der Waals surface area contributed by atoms with E-state index in [2.05, 4.69) is 18.7 Å². The summed E-state index contributed by atoms with van der Waals surface area (Å²) < 4.78 is 0. The summed E-state index contributed by atoms with van der Waals surface area (Å²) in [5.41, 5.74) is 7.51. The van der Waals surface area contributed by atoms with Crippen LogP contribution in [0.1, 0.15) is 17.7 Å². The van der Waals surface area contributed by atoms with Gasteiger partial charge in [-0.3, -0.25) is 4.79 Å². The lowest BCUT2D eigenvalue weighted by molar-refractivity contribution is -0.115. The van der Waals surface area contributed by atoms with Gasteiger partial charge in [-0.15, -0.1) is 11.8 Å². The molecule has 0 aliphatic carbocycles. The number of rotatable bonds is 7. The fourth-order valence-corrected chi connectivity index (χ4v) is 2.77. The Hall–Kier alpha value is -1.74. The molecule has 2 nitrogen and oxygen atoms in total. The van der Waals surface area contributed by atoms with E-state index in [0.29, 0.717) is 5.75 Å². The maximum absolute atomic E-state index is 11.0. The van der Waals surface area contributed by atoms with Crippen molar-refractivity contribution >= 4 is 17.7 Å². The molecule has 1 amide bonds. The second kappa shape index (κ2) is 8.38. The van der Waals surface area contributed by atoms with Crippen molar-refractivity contribution in [1.29, 1.82) is 0 Å². The molecule has 19 heavy (non-hydrogen) atoms. The topological polar surface area (TPSA) is 43.1 Å². The second-order valence-electron chi connectivity index (χ2n) is 3.97. The number of hydrogen-bond donors (Lipinski definition) is 1. The van der Waals surface area contributed by atoms with E-state index in [9.17, 15) is 4.79 Å². The molecule has 2 N–H and O–H groups in total. The fraction of sp³-hybridized carbons (Fsp3) is 0.188. The number of thioether (sulfide) groups is 1. The van der Waals surface area contributed by atoms with Crippen LogP contribution in [0.15, 0.2) is 66.8 Å². The fourth-order valence-electron chi connectivity index (χ4n) is 1.74. The van der Waals surface area contributed by atoms with Gasteiger partial charge in [0.1, 0.15) is 0 Å². The molecule has 3 heteroatoms. The molecule has 0 aromatic heterocycles. The predicted molar refractivity (Wildman–Crippen MR) is 83.9 cm³/mol. The Kier molecular flexibility index (Phi) is 6.75. The molecule has 0 saturated carbocycles. The zero-order chi connectivity index (χ0) is 14.1. The van der Waals surface area contributed by atoms with Gasteiger partial charge in [-0.2, -0.15) is 0 Å². The van der Waals surface area contributed by atoms with Gasteiger partial charge in [-0.25, -0.2) is 0 Å². The zero-order valence-corrected chi connectivity index (χ0v) is 11.9. The van der Waals surface area contributed by atoms with Gasteiger partial charge in [0.15, 0.2) is 0 Å². The Bertz CT molecular complexity index is 477. The van der Waals surface area contributed by atoms with Crippen molar-refractivity contribution in [3.63, 3.8) is 0 Å². The van der Waals surface area contributed by atoms with Crippen LogP contribution in [0.25, 0.3) is 0 Å². The lowest BCUT2D eigenvalue weighted by Gasteiger charge is -2.17. The Labute approximate surface area is 119 Å². The summed E-state index contributed by atoms with van der Waals surface area (Å²) in [7, 11) is 0. The van der Waals surface area contributed by atoms with Crippen LogP contribution in [0.3, 0.4) is 0 Å². The number of benzene rings is 1. The highest BCUT2D eigenvalue weighted by Crippen LogP contribution is 2.36. The minimum absolute atomic E-state index is 0.0860. The maximum Gasteiger partial charge on any atom is 0.227 e. The van der Waals surface area contributed by atoms with E-state index in [-0.39, 0.29) is 11.2 Å². The highest BCUT2D eigenvalue weighted by molar-refractivity contribution is 8.00. The van der Waals surface area contributed by atoms with Gasteiger partial charge in [0, 0.05) is 0 Å². The van der Waals surface area contributed by atoms with Gasteiger partial charge in [0.25, 0.3) is 0 Å². The number of carbonyl (C=O) groups excluding carboxylic acids is 1. The van der Waals surface area contributed by atoms with Crippen molar-refractivity contribution in [3.8, 4) is 0 Å². The smallest absolute Gasteiger partial charge is 0.227 e. The molecule has 100 valence electrons. The molecule has 0 heterocycles. The standard InChI is InChI=1S/C16H19NOS/c1-3-8-13(9-4-2)16(19-12-15(17)18)14-10-6-5-7-11-14/h3-11,16H,1,12H2,2H3,(H2,17,18)/b9-4-,13-8+. The molecule has 0 fully saturated rings. The molecular weight excluding hydrogens is 254 g/mol. The highest BCUT2D eigenvalue weighted by atomic mass is 32.2. The predicted octanol–water partition coefficient (Wildman–Crippen LogP) is 3.63. The summed E-state index contributed by atoms with van der Waals surface area (Å²) in [6, 6.07) is 10.1. The Morgan fingerprint density at radius 3 is 2.63 bits per heavy atom. The lowest BCUT2D eigenvalue weighted by atomic mass is 10.0. The third-order valence-electron chi connectivity index (χ3n) is 2.47. The van der Waals surface area contributed by atoms with Crippen LogP contribution in [0, 0.1) is 0 Å². The van der Waals surface area contributed by atoms with Gasteiger partial charge in [0.05, 0.1) is 11.0 Å². The second-order valence-corrected chi connectivity index (χ2v) is 5.06. The summed E-state index contributed by atoms with van der Waals surface area (Å²) in [5, 5.41) is 0.0860. The first-order valence-electron chi connectivity index (χ1n) is 6.09. The number of primary amides is 1. The minimum atomic E-state index is -0.302. The van der Waals surface area contributed by atoms with Crippen molar-refractivity contribution < 1.29 is 4.79 Å². The first-order valence-corrected chi connectivity index (χ1v) is 7.14. The molecule has 1 aromatic carbocycles. The highest BCUT2D eigenvalue weighted by Gasteiger charge is 2.15. The summed E-state index contributed by atoms with van der Waals surface area (Å²) in [6.07, 6.45) is 7.74. The molecule has 0 radical (unpaired) electrons. The average Bonchev–Trinajstić information content (AvgIpc) is 2.40. The number of carbonyl (C=O) groups is 1. The van der Waals surface area contributed by atoms with Gasteiger partial charge >= 0.3 is 0 Å². The molecule has 0 saturated heterocycles. The summed E-state index contributed by atoms with van der Waals surface area (Å²) >= 11 is 1.53. The first-order chi connectivity index (χ1) is 9.19. The normalized spacial score (nSPS) is 13.4. The molecule has 0 aliphatic rings. The van der Waals surface area contributed by atoms with Crippen molar-refractivity contribution in [2.24, 2.45) is 5.73 Å². The van der Waals surface area contributed by atoms with Crippen LogP contribution in [0.2, 0.25) is 0 Å². The SMILES string of the molecule is C=C/C=C(\C=C/C)C(SCC(N)=O)c1ccccc1. The first kappa shape index (κ1) is 15.3. The van der Waals surface area contributed by atoms with E-state index in [4.69, 9.17) is 5.73 Å². The molecule has 1 aromatic rings. The van der Waals surface area contributed by atoms with Crippen molar-refractivity contribution in [2.75, 3.05) is 5.75 Å². The molecule has 0 aliphatic heterocycles. The van der Waals surface area contributed by atoms with Gasteiger partial charge in [0.2, 0.25) is 5.91 Å². The van der Waals surface area contributed by atoms with Crippen molar-refractivity contribution in [3.05, 3.63) is 72.4 Å².